The Hall–Kier alpha value is -1.95. The normalized spacial score (nSPS) is 9.81. The number of hydrogen-bond donors (Lipinski definition) is 1. The zero-order valence-corrected chi connectivity index (χ0v) is 9.32. The van der Waals surface area contributed by atoms with Crippen molar-refractivity contribution in [2.45, 2.75) is 0 Å². The van der Waals surface area contributed by atoms with Crippen LogP contribution in [0.2, 0.25) is 0 Å². The van der Waals surface area contributed by atoms with E-state index < -0.39 is 0 Å². The van der Waals surface area contributed by atoms with Crippen LogP contribution < -0.4 is 10.1 Å². The Kier molecular flexibility index (Phi) is 3.11. The predicted molar refractivity (Wildman–Crippen MR) is 60.9 cm³/mol. The van der Waals surface area contributed by atoms with Crippen LogP contribution in [-0.2, 0) is 0 Å². The maximum atomic E-state index is 11.6. The van der Waals surface area contributed by atoms with E-state index >= 15 is 0 Å². The minimum atomic E-state index is -0.163. The van der Waals surface area contributed by atoms with Gasteiger partial charge in [0.15, 0.2) is 0 Å². The van der Waals surface area contributed by atoms with Gasteiger partial charge in [0.1, 0.15) is 0 Å². The lowest BCUT2D eigenvalue weighted by Gasteiger charge is -2.02. The Morgan fingerprint density at radius 2 is 2.19 bits per heavy atom. The van der Waals surface area contributed by atoms with Crippen LogP contribution >= 0.6 is 11.3 Å². The van der Waals surface area contributed by atoms with Crippen molar-refractivity contribution in [2.24, 2.45) is 0 Å². The zero-order valence-electron chi connectivity index (χ0n) is 8.51. The number of aromatic nitrogens is 2. The molecule has 1 amide bonds. The largest absolute Gasteiger partial charge is 0.467 e. The summed E-state index contributed by atoms with van der Waals surface area (Å²) in [7, 11) is 1.49. The van der Waals surface area contributed by atoms with Crippen LogP contribution in [0.3, 0.4) is 0 Å². The third-order valence-corrected chi connectivity index (χ3v) is 2.68. The van der Waals surface area contributed by atoms with Crippen molar-refractivity contribution >= 4 is 22.9 Å². The number of carbonyl (C=O) groups is 1. The molecule has 2 heterocycles. The molecule has 0 atom stereocenters. The average Bonchev–Trinajstić information content (AvgIpc) is 2.83. The fourth-order valence-electron chi connectivity index (χ4n) is 1.09. The van der Waals surface area contributed by atoms with Crippen molar-refractivity contribution < 1.29 is 9.53 Å². The van der Waals surface area contributed by atoms with Gasteiger partial charge in [-0.2, -0.15) is 0 Å². The molecule has 0 aliphatic heterocycles. The first-order valence-electron chi connectivity index (χ1n) is 4.50. The molecule has 5 nitrogen and oxygen atoms in total. The lowest BCUT2D eigenvalue weighted by molar-refractivity contribution is 0.103. The minimum Gasteiger partial charge on any atom is -0.467 e. The molecule has 0 bridgehead atoms. The topological polar surface area (TPSA) is 64.1 Å². The molecule has 0 saturated heterocycles. The summed E-state index contributed by atoms with van der Waals surface area (Å²) >= 11 is 1.38. The quantitative estimate of drug-likeness (QED) is 0.881. The van der Waals surface area contributed by atoms with Gasteiger partial charge in [0, 0.05) is 0 Å². The van der Waals surface area contributed by atoms with Gasteiger partial charge in [0.25, 0.3) is 5.91 Å². The van der Waals surface area contributed by atoms with Crippen molar-refractivity contribution in [1.29, 1.82) is 0 Å². The summed E-state index contributed by atoms with van der Waals surface area (Å²) in [5, 5.41) is 4.53. The Morgan fingerprint density at radius 1 is 1.44 bits per heavy atom. The van der Waals surface area contributed by atoms with Gasteiger partial charge >= 0.3 is 6.01 Å². The maximum Gasteiger partial charge on any atom is 0.316 e. The molecule has 6 heteroatoms. The highest BCUT2D eigenvalue weighted by molar-refractivity contribution is 7.12. The third-order valence-electron chi connectivity index (χ3n) is 1.81. The van der Waals surface area contributed by atoms with Crippen molar-refractivity contribution in [3.8, 4) is 6.01 Å². The minimum absolute atomic E-state index is 0.163. The van der Waals surface area contributed by atoms with E-state index in [2.05, 4.69) is 15.3 Å². The van der Waals surface area contributed by atoms with Gasteiger partial charge in [-0.1, -0.05) is 6.07 Å². The molecule has 0 fully saturated rings. The molecule has 16 heavy (non-hydrogen) atoms. The summed E-state index contributed by atoms with van der Waals surface area (Å²) in [5.74, 6) is -0.163. The van der Waals surface area contributed by atoms with Gasteiger partial charge < -0.3 is 10.1 Å². The van der Waals surface area contributed by atoms with Gasteiger partial charge in [0.05, 0.1) is 30.1 Å². The van der Waals surface area contributed by atoms with Gasteiger partial charge in [0.2, 0.25) is 0 Å². The lowest BCUT2D eigenvalue weighted by atomic mass is 10.4. The standard InChI is InChI=1S/C10H9N3O2S/c1-15-10-11-5-7(6-12-10)13-9(14)8-3-2-4-16-8/h2-6H,1H3,(H,13,14). The molecular formula is C10H9N3O2S. The van der Waals surface area contributed by atoms with Crippen LogP contribution in [-0.4, -0.2) is 23.0 Å². The van der Waals surface area contributed by atoms with E-state index in [1.807, 2.05) is 11.4 Å². The summed E-state index contributed by atoms with van der Waals surface area (Å²) < 4.78 is 4.81. The number of carbonyl (C=O) groups excluding carboxylic acids is 1. The Balaban J connectivity index is 2.06. The second-order valence-corrected chi connectivity index (χ2v) is 3.84. The number of ether oxygens (including phenoxy) is 1. The molecule has 1 N–H and O–H groups in total. The first kappa shape index (κ1) is 10.6. The van der Waals surface area contributed by atoms with Gasteiger partial charge in [-0.15, -0.1) is 11.3 Å². The Morgan fingerprint density at radius 3 is 2.75 bits per heavy atom. The number of rotatable bonds is 3. The number of hydrogen-bond acceptors (Lipinski definition) is 5. The summed E-state index contributed by atoms with van der Waals surface area (Å²) in [4.78, 5) is 20.1. The molecule has 0 spiro atoms. The number of nitrogens with zero attached hydrogens (tertiary/aromatic N) is 2. The zero-order chi connectivity index (χ0) is 11.4. The van der Waals surface area contributed by atoms with Gasteiger partial charge in [-0.3, -0.25) is 4.79 Å². The summed E-state index contributed by atoms with van der Waals surface area (Å²) in [6, 6.07) is 3.85. The summed E-state index contributed by atoms with van der Waals surface area (Å²) in [5.41, 5.74) is 0.541. The van der Waals surface area contributed by atoms with Crippen LogP contribution in [0.1, 0.15) is 9.67 Å². The first-order chi connectivity index (χ1) is 7.79. The van der Waals surface area contributed by atoms with E-state index in [1.54, 1.807) is 6.07 Å². The van der Waals surface area contributed by atoms with E-state index in [0.717, 1.165) is 0 Å². The molecule has 0 aromatic carbocycles. The maximum absolute atomic E-state index is 11.6. The molecule has 2 aromatic rings. The molecule has 0 saturated carbocycles. The Labute approximate surface area is 96.1 Å². The SMILES string of the molecule is COc1ncc(NC(=O)c2cccs2)cn1. The third kappa shape index (κ3) is 2.34. The van der Waals surface area contributed by atoms with Crippen molar-refractivity contribution in [2.75, 3.05) is 12.4 Å². The Bertz CT molecular complexity index is 467. The van der Waals surface area contributed by atoms with Crippen LogP contribution in [0.5, 0.6) is 6.01 Å². The molecule has 0 aliphatic carbocycles. The fraction of sp³-hybridized carbons (Fsp3) is 0.100. The van der Waals surface area contributed by atoms with E-state index in [4.69, 9.17) is 4.74 Å². The average molecular weight is 235 g/mol. The monoisotopic (exact) mass is 235 g/mol. The lowest BCUT2D eigenvalue weighted by Crippen LogP contribution is -2.10. The molecule has 0 radical (unpaired) electrons. The first-order valence-corrected chi connectivity index (χ1v) is 5.38. The molecule has 82 valence electrons. The molecule has 2 rings (SSSR count). The number of anilines is 1. The second-order valence-electron chi connectivity index (χ2n) is 2.89. The molecule has 0 unspecified atom stereocenters. The highest BCUT2D eigenvalue weighted by Crippen LogP contribution is 2.12. The van der Waals surface area contributed by atoms with E-state index in [9.17, 15) is 4.79 Å². The number of amides is 1. The summed E-state index contributed by atoms with van der Waals surface area (Å²) in [6.45, 7) is 0. The van der Waals surface area contributed by atoms with E-state index in [1.165, 1.54) is 30.8 Å². The molecule has 2 aromatic heterocycles. The smallest absolute Gasteiger partial charge is 0.316 e. The highest BCUT2D eigenvalue weighted by atomic mass is 32.1. The van der Waals surface area contributed by atoms with Crippen molar-refractivity contribution in [3.63, 3.8) is 0 Å². The van der Waals surface area contributed by atoms with Gasteiger partial charge in [-0.05, 0) is 11.4 Å². The van der Waals surface area contributed by atoms with Crippen molar-refractivity contribution in [1.82, 2.24) is 9.97 Å². The van der Waals surface area contributed by atoms with Crippen LogP contribution in [0.25, 0.3) is 0 Å². The summed E-state index contributed by atoms with van der Waals surface area (Å²) in [6.07, 6.45) is 2.99. The molecule has 0 aliphatic rings. The van der Waals surface area contributed by atoms with Crippen LogP contribution in [0.4, 0.5) is 5.69 Å². The predicted octanol–water partition coefficient (Wildman–Crippen LogP) is 1.80. The number of nitrogens with one attached hydrogen (secondary N) is 1. The molecular weight excluding hydrogens is 226 g/mol. The van der Waals surface area contributed by atoms with Crippen molar-refractivity contribution in [3.05, 3.63) is 34.8 Å². The van der Waals surface area contributed by atoms with Gasteiger partial charge in [-0.25, -0.2) is 9.97 Å². The van der Waals surface area contributed by atoms with Crippen LogP contribution in [0.15, 0.2) is 29.9 Å². The fourth-order valence-corrected chi connectivity index (χ4v) is 1.71. The number of thiophene rings is 1. The van der Waals surface area contributed by atoms with E-state index in [-0.39, 0.29) is 11.9 Å². The second kappa shape index (κ2) is 4.71. The number of methoxy groups -OCH3 is 1. The van der Waals surface area contributed by atoms with Crippen LogP contribution in [0, 0.1) is 0 Å². The highest BCUT2D eigenvalue weighted by Gasteiger charge is 2.07. The van der Waals surface area contributed by atoms with E-state index in [0.29, 0.717) is 10.6 Å².